The number of halogens is 2. The van der Waals surface area contributed by atoms with E-state index in [2.05, 4.69) is 22.6 Å². The third-order valence-electron chi connectivity index (χ3n) is 5.24. The van der Waals surface area contributed by atoms with Crippen molar-refractivity contribution in [1.29, 1.82) is 0 Å². The first-order valence-corrected chi connectivity index (χ1v) is 12.8. The maximum atomic E-state index is 12.9. The zero-order valence-electron chi connectivity index (χ0n) is 18.8. The molecule has 2 amide bonds. The number of hydrogen-bond donors (Lipinski definition) is 0. The van der Waals surface area contributed by atoms with Crippen LogP contribution >= 0.6 is 46.0 Å². The third-order valence-corrected chi connectivity index (χ3v) is 7.32. The van der Waals surface area contributed by atoms with Crippen LogP contribution in [0, 0.1) is 13.7 Å². The molecule has 1 aliphatic heterocycles. The monoisotopic (exact) mass is 636 g/mol. The second-order valence-corrected chi connectivity index (χ2v) is 10.2. The molecule has 11 heteroatoms. The lowest BCUT2D eigenvalue weighted by Gasteiger charge is -2.14. The highest BCUT2D eigenvalue weighted by Crippen LogP contribution is 2.38. The molecule has 0 radical (unpaired) electrons. The van der Waals surface area contributed by atoms with Crippen LogP contribution in [0.5, 0.6) is 11.5 Å². The normalized spacial score (nSPS) is 14.4. The van der Waals surface area contributed by atoms with Crippen LogP contribution in [0.3, 0.4) is 0 Å². The minimum absolute atomic E-state index is 0.0235. The van der Waals surface area contributed by atoms with E-state index in [4.69, 9.17) is 21.1 Å². The van der Waals surface area contributed by atoms with Gasteiger partial charge in [-0.1, -0.05) is 41.9 Å². The first kappa shape index (κ1) is 26.0. The van der Waals surface area contributed by atoms with Gasteiger partial charge in [-0.25, -0.2) is 0 Å². The Kier molecular flexibility index (Phi) is 8.17. The number of nitro groups is 1. The van der Waals surface area contributed by atoms with Crippen LogP contribution in [-0.2, 0) is 17.9 Å². The van der Waals surface area contributed by atoms with Crippen LogP contribution in [0.4, 0.5) is 10.5 Å². The molecule has 1 fully saturated rings. The molecule has 8 nitrogen and oxygen atoms in total. The van der Waals surface area contributed by atoms with E-state index >= 15 is 0 Å². The molecule has 1 aliphatic rings. The maximum absolute atomic E-state index is 12.9. The van der Waals surface area contributed by atoms with Gasteiger partial charge in [0.2, 0.25) is 0 Å². The van der Waals surface area contributed by atoms with Crippen molar-refractivity contribution < 1.29 is 24.0 Å². The van der Waals surface area contributed by atoms with Crippen LogP contribution in [0.25, 0.3) is 6.08 Å². The minimum atomic E-state index is -0.505. The number of ether oxygens (including phenoxy) is 2. The fourth-order valence-electron chi connectivity index (χ4n) is 3.42. The molecule has 0 unspecified atom stereocenters. The van der Waals surface area contributed by atoms with Gasteiger partial charge in [0.25, 0.3) is 16.8 Å². The van der Waals surface area contributed by atoms with Crippen LogP contribution in [-0.4, -0.2) is 28.1 Å². The van der Waals surface area contributed by atoms with Gasteiger partial charge in [0.15, 0.2) is 11.5 Å². The number of non-ortho nitro benzene ring substituents is 1. The number of benzene rings is 3. The summed E-state index contributed by atoms with van der Waals surface area (Å²) in [5, 5.41) is 11.0. The summed E-state index contributed by atoms with van der Waals surface area (Å²) in [6.45, 7) is 0.280. The van der Waals surface area contributed by atoms with Gasteiger partial charge in [-0.15, -0.1) is 0 Å². The number of rotatable bonds is 8. The van der Waals surface area contributed by atoms with Crippen molar-refractivity contribution in [3.8, 4) is 11.5 Å². The van der Waals surface area contributed by atoms with Gasteiger partial charge in [-0.3, -0.25) is 24.6 Å². The van der Waals surface area contributed by atoms with Crippen molar-refractivity contribution in [3.05, 3.63) is 101 Å². The molecule has 0 atom stereocenters. The maximum Gasteiger partial charge on any atom is 0.293 e. The molecular weight excluding hydrogens is 619 g/mol. The van der Waals surface area contributed by atoms with Gasteiger partial charge in [0.1, 0.15) is 6.61 Å². The van der Waals surface area contributed by atoms with Crippen LogP contribution in [0.15, 0.2) is 65.6 Å². The summed E-state index contributed by atoms with van der Waals surface area (Å²) < 4.78 is 12.3. The molecule has 0 aliphatic carbocycles. The van der Waals surface area contributed by atoms with Gasteiger partial charge in [-0.05, 0) is 69.8 Å². The SMILES string of the molecule is COc1cc(/C=C2\SC(=O)N(Cc3ccc([N+](=O)[O-])cc3)C2=O)cc(I)c1OCc1ccccc1Cl. The zero-order chi connectivity index (χ0) is 25.8. The summed E-state index contributed by atoms with van der Waals surface area (Å²) in [7, 11) is 1.52. The fraction of sp³-hybridized carbons (Fsp3) is 0.120. The predicted octanol–water partition coefficient (Wildman–Crippen LogP) is 6.68. The molecule has 1 saturated heterocycles. The van der Waals surface area contributed by atoms with E-state index in [0.717, 1.165) is 25.8 Å². The van der Waals surface area contributed by atoms with Crippen LogP contribution in [0.2, 0.25) is 5.02 Å². The summed E-state index contributed by atoms with van der Waals surface area (Å²) in [5.41, 5.74) is 2.06. The Bertz CT molecular complexity index is 1380. The number of amides is 2. The number of carbonyl (C=O) groups excluding carboxylic acids is 2. The third kappa shape index (κ3) is 5.82. The molecule has 0 N–H and O–H groups in total. The Morgan fingerprint density at radius 3 is 2.53 bits per heavy atom. The second-order valence-electron chi connectivity index (χ2n) is 7.61. The van der Waals surface area contributed by atoms with Gasteiger partial charge < -0.3 is 9.47 Å². The molecular formula is C25H18ClIN2O6S. The average Bonchev–Trinajstić information content (AvgIpc) is 3.11. The molecule has 184 valence electrons. The van der Waals surface area contributed by atoms with Crippen molar-refractivity contribution in [2.75, 3.05) is 7.11 Å². The number of imide groups is 1. The molecule has 0 aromatic heterocycles. The molecule has 0 bridgehead atoms. The number of thioether (sulfide) groups is 1. The van der Waals surface area contributed by atoms with E-state index in [9.17, 15) is 19.7 Å². The van der Waals surface area contributed by atoms with Crippen molar-refractivity contribution in [3.63, 3.8) is 0 Å². The molecule has 0 spiro atoms. The summed E-state index contributed by atoms with van der Waals surface area (Å²) in [4.78, 5) is 37.2. The molecule has 3 aromatic carbocycles. The molecule has 36 heavy (non-hydrogen) atoms. The topological polar surface area (TPSA) is 99.0 Å². The number of methoxy groups -OCH3 is 1. The lowest BCUT2D eigenvalue weighted by molar-refractivity contribution is -0.384. The van der Waals surface area contributed by atoms with Crippen LogP contribution in [0.1, 0.15) is 16.7 Å². The molecule has 1 heterocycles. The Hall–Kier alpha value is -3.09. The first-order chi connectivity index (χ1) is 17.3. The number of nitro benzene ring substituents is 1. The summed E-state index contributed by atoms with van der Waals surface area (Å²) in [6, 6.07) is 16.7. The highest BCUT2D eigenvalue weighted by atomic mass is 127. The smallest absolute Gasteiger partial charge is 0.293 e. The van der Waals surface area contributed by atoms with Gasteiger partial charge >= 0.3 is 0 Å². The number of carbonyl (C=O) groups is 2. The minimum Gasteiger partial charge on any atom is -0.493 e. The quantitative estimate of drug-likeness (QED) is 0.118. The Morgan fingerprint density at radius 1 is 1.14 bits per heavy atom. The summed E-state index contributed by atoms with van der Waals surface area (Å²) >= 11 is 9.18. The molecule has 4 rings (SSSR count). The van der Waals surface area contributed by atoms with Crippen molar-refractivity contribution in [2.45, 2.75) is 13.2 Å². The highest BCUT2D eigenvalue weighted by molar-refractivity contribution is 14.1. The van der Waals surface area contributed by atoms with Gasteiger partial charge in [0, 0.05) is 22.7 Å². The van der Waals surface area contributed by atoms with E-state index < -0.39 is 16.1 Å². The number of hydrogen-bond acceptors (Lipinski definition) is 7. The summed E-state index contributed by atoms with van der Waals surface area (Å²) in [5.74, 6) is 0.586. The van der Waals surface area contributed by atoms with Crippen molar-refractivity contribution in [1.82, 2.24) is 4.90 Å². The average molecular weight is 637 g/mol. The first-order valence-electron chi connectivity index (χ1n) is 10.5. The van der Waals surface area contributed by atoms with Crippen molar-refractivity contribution in [2.24, 2.45) is 0 Å². The van der Waals surface area contributed by atoms with Crippen LogP contribution < -0.4 is 9.47 Å². The Morgan fingerprint density at radius 2 is 1.86 bits per heavy atom. The zero-order valence-corrected chi connectivity index (χ0v) is 22.5. The van der Waals surface area contributed by atoms with E-state index in [1.54, 1.807) is 18.2 Å². The molecule has 0 saturated carbocycles. The highest BCUT2D eigenvalue weighted by Gasteiger charge is 2.35. The largest absolute Gasteiger partial charge is 0.493 e. The lowest BCUT2D eigenvalue weighted by Crippen LogP contribution is -2.27. The standard InChI is InChI=1S/C25H18ClIN2O6S/c1-34-21-11-16(10-20(27)23(21)35-14-17-4-2-3-5-19(17)26)12-22-24(30)28(25(31)36-22)13-15-6-8-18(9-7-15)29(32)33/h2-12H,13-14H2,1H3/b22-12-. The number of nitrogens with zero attached hydrogens (tertiary/aromatic N) is 2. The van der Waals surface area contributed by atoms with E-state index in [1.807, 2.05) is 24.3 Å². The Labute approximate surface area is 229 Å². The van der Waals surface area contributed by atoms with Crippen molar-refractivity contribution >= 4 is 68.9 Å². The van der Waals surface area contributed by atoms with Gasteiger partial charge in [-0.2, -0.15) is 0 Å². The lowest BCUT2D eigenvalue weighted by atomic mass is 10.1. The van der Waals surface area contributed by atoms with E-state index in [-0.39, 0.29) is 23.7 Å². The van der Waals surface area contributed by atoms with E-state index in [1.165, 1.54) is 31.4 Å². The Balaban J connectivity index is 1.52. The fourth-order valence-corrected chi connectivity index (χ4v) is 5.23. The predicted molar refractivity (Wildman–Crippen MR) is 146 cm³/mol. The molecule has 3 aromatic rings. The van der Waals surface area contributed by atoms with Gasteiger partial charge in [0.05, 0.1) is 27.1 Å². The summed E-state index contributed by atoms with van der Waals surface area (Å²) in [6.07, 6.45) is 1.63. The van der Waals surface area contributed by atoms with E-state index in [0.29, 0.717) is 27.6 Å². The second kappa shape index (κ2) is 11.3.